The molecule has 0 saturated heterocycles. The monoisotopic (exact) mass is 244 g/mol. The summed E-state index contributed by atoms with van der Waals surface area (Å²) in [5.41, 5.74) is 4.08. The molecular formula is C15H20N2O. The van der Waals surface area contributed by atoms with E-state index < -0.39 is 0 Å². The van der Waals surface area contributed by atoms with Crippen LogP contribution in [0.4, 0.5) is 0 Å². The maximum atomic E-state index is 12.4. The molecule has 3 heteroatoms. The Labute approximate surface area is 108 Å². The third-order valence-corrected chi connectivity index (χ3v) is 3.62. The van der Waals surface area contributed by atoms with Crippen LogP contribution in [0.2, 0.25) is 0 Å². The van der Waals surface area contributed by atoms with Gasteiger partial charge in [-0.3, -0.25) is 4.79 Å². The molecule has 18 heavy (non-hydrogen) atoms. The van der Waals surface area contributed by atoms with Gasteiger partial charge in [-0.05, 0) is 39.3 Å². The molecule has 1 amide bonds. The van der Waals surface area contributed by atoms with Crippen LogP contribution in [0.1, 0.15) is 35.5 Å². The smallest absolute Gasteiger partial charge is 0.255 e. The zero-order valence-electron chi connectivity index (χ0n) is 11.5. The second-order valence-electron chi connectivity index (χ2n) is 4.58. The summed E-state index contributed by atoms with van der Waals surface area (Å²) < 4.78 is 0. The standard InChI is InChI=1S/C15H20N2O/c1-5-17(6-2)15(18)13-9-7-8-12-10(3)11(4)16-14(12)13/h7-9,16H,5-6H2,1-4H3. The number of carbonyl (C=O) groups is 1. The lowest BCUT2D eigenvalue weighted by Crippen LogP contribution is -2.30. The minimum absolute atomic E-state index is 0.104. The van der Waals surface area contributed by atoms with E-state index in [9.17, 15) is 4.79 Å². The molecule has 2 rings (SSSR count). The summed E-state index contributed by atoms with van der Waals surface area (Å²) in [5.74, 6) is 0.104. The molecule has 0 bridgehead atoms. The lowest BCUT2D eigenvalue weighted by molar-refractivity contribution is 0.0775. The third kappa shape index (κ3) is 1.90. The summed E-state index contributed by atoms with van der Waals surface area (Å²) in [5, 5.41) is 1.14. The van der Waals surface area contributed by atoms with Gasteiger partial charge >= 0.3 is 0 Å². The van der Waals surface area contributed by atoms with Gasteiger partial charge in [0.25, 0.3) is 5.91 Å². The SMILES string of the molecule is CCN(CC)C(=O)c1cccc2c(C)c(C)[nH]c12. The van der Waals surface area contributed by atoms with E-state index in [0.29, 0.717) is 0 Å². The van der Waals surface area contributed by atoms with E-state index in [4.69, 9.17) is 0 Å². The summed E-state index contributed by atoms with van der Waals surface area (Å²) in [6.07, 6.45) is 0. The molecule has 0 aliphatic heterocycles. The van der Waals surface area contributed by atoms with Crippen molar-refractivity contribution >= 4 is 16.8 Å². The van der Waals surface area contributed by atoms with Crippen molar-refractivity contribution in [3.8, 4) is 0 Å². The number of nitrogens with one attached hydrogen (secondary N) is 1. The van der Waals surface area contributed by atoms with Crippen LogP contribution in [-0.4, -0.2) is 28.9 Å². The first kappa shape index (κ1) is 12.7. The molecule has 0 aliphatic carbocycles. The quantitative estimate of drug-likeness (QED) is 0.883. The van der Waals surface area contributed by atoms with Crippen LogP contribution in [0.25, 0.3) is 10.9 Å². The molecule has 3 nitrogen and oxygen atoms in total. The molecule has 0 fully saturated rings. The number of para-hydroxylation sites is 1. The number of fused-ring (bicyclic) bond motifs is 1. The van der Waals surface area contributed by atoms with Gasteiger partial charge in [0.05, 0.1) is 11.1 Å². The fourth-order valence-corrected chi connectivity index (χ4v) is 2.34. The number of rotatable bonds is 3. The van der Waals surface area contributed by atoms with E-state index in [1.54, 1.807) is 0 Å². The predicted octanol–water partition coefficient (Wildman–Crippen LogP) is 3.27. The van der Waals surface area contributed by atoms with E-state index in [1.165, 1.54) is 5.56 Å². The summed E-state index contributed by atoms with van der Waals surface area (Å²) in [6, 6.07) is 5.92. The molecule has 1 aromatic heterocycles. The van der Waals surface area contributed by atoms with Crippen LogP contribution >= 0.6 is 0 Å². The Morgan fingerprint density at radius 2 is 1.89 bits per heavy atom. The number of carbonyl (C=O) groups excluding carboxylic acids is 1. The predicted molar refractivity (Wildman–Crippen MR) is 75.0 cm³/mol. The van der Waals surface area contributed by atoms with Crippen LogP contribution in [0.5, 0.6) is 0 Å². The number of aromatic amines is 1. The van der Waals surface area contributed by atoms with Gasteiger partial charge in [0.15, 0.2) is 0 Å². The van der Waals surface area contributed by atoms with Gasteiger partial charge in [0.1, 0.15) is 0 Å². The van der Waals surface area contributed by atoms with Crippen LogP contribution in [0.15, 0.2) is 18.2 Å². The van der Waals surface area contributed by atoms with Gasteiger partial charge in [-0.1, -0.05) is 12.1 Å². The fourth-order valence-electron chi connectivity index (χ4n) is 2.34. The lowest BCUT2D eigenvalue weighted by Gasteiger charge is -2.18. The summed E-state index contributed by atoms with van der Waals surface area (Å²) in [7, 11) is 0. The van der Waals surface area contributed by atoms with Crippen LogP contribution in [0.3, 0.4) is 0 Å². The minimum Gasteiger partial charge on any atom is -0.358 e. The number of hydrogen-bond acceptors (Lipinski definition) is 1. The van der Waals surface area contributed by atoms with Crippen molar-refractivity contribution < 1.29 is 4.79 Å². The molecule has 1 N–H and O–H groups in total. The number of aryl methyl sites for hydroxylation is 2. The molecule has 0 spiro atoms. The number of aromatic nitrogens is 1. The largest absolute Gasteiger partial charge is 0.358 e. The Kier molecular flexibility index (Phi) is 3.41. The van der Waals surface area contributed by atoms with E-state index in [-0.39, 0.29) is 5.91 Å². The molecule has 0 saturated carbocycles. The maximum Gasteiger partial charge on any atom is 0.255 e. The Hall–Kier alpha value is -1.77. The highest BCUT2D eigenvalue weighted by molar-refractivity contribution is 6.06. The zero-order valence-corrected chi connectivity index (χ0v) is 11.5. The van der Waals surface area contributed by atoms with Crippen LogP contribution < -0.4 is 0 Å². The number of nitrogens with zero attached hydrogens (tertiary/aromatic N) is 1. The Morgan fingerprint density at radius 3 is 2.50 bits per heavy atom. The van der Waals surface area contributed by atoms with Crippen molar-refractivity contribution in [2.75, 3.05) is 13.1 Å². The fraction of sp³-hybridized carbons (Fsp3) is 0.400. The average molecular weight is 244 g/mol. The first-order valence-corrected chi connectivity index (χ1v) is 6.47. The third-order valence-electron chi connectivity index (χ3n) is 3.62. The topological polar surface area (TPSA) is 36.1 Å². The lowest BCUT2D eigenvalue weighted by atomic mass is 10.1. The highest BCUT2D eigenvalue weighted by atomic mass is 16.2. The Balaban J connectivity index is 2.58. The molecule has 0 unspecified atom stereocenters. The molecule has 1 heterocycles. The summed E-state index contributed by atoms with van der Waals surface area (Å²) in [6.45, 7) is 9.62. The zero-order chi connectivity index (χ0) is 13.3. The number of hydrogen-bond donors (Lipinski definition) is 1. The molecular weight excluding hydrogens is 224 g/mol. The molecule has 1 aromatic carbocycles. The van der Waals surface area contributed by atoms with Gasteiger partial charge in [-0.2, -0.15) is 0 Å². The second-order valence-corrected chi connectivity index (χ2v) is 4.58. The summed E-state index contributed by atoms with van der Waals surface area (Å²) in [4.78, 5) is 17.6. The number of amides is 1. The molecule has 0 atom stereocenters. The van der Waals surface area contributed by atoms with E-state index in [0.717, 1.165) is 35.2 Å². The van der Waals surface area contributed by atoms with Crippen molar-refractivity contribution in [3.63, 3.8) is 0 Å². The van der Waals surface area contributed by atoms with E-state index in [2.05, 4.69) is 18.0 Å². The first-order chi connectivity index (χ1) is 8.60. The van der Waals surface area contributed by atoms with Gasteiger partial charge < -0.3 is 9.88 Å². The average Bonchev–Trinajstić information content (AvgIpc) is 2.67. The van der Waals surface area contributed by atoms with E-state index in [1.807, 2.05) is 37.8 Å². The highest BCUT2D eigenvalue weighted by Crippen LogP contribution is 2.25. The van der Waals surface area contributed by atoms with E-state index >= 15 is 0 Å². The van der Waals surface area contributed by atoms with Crippen molar-refractivity contribution in [3.05, 3.63) is 35.0 Å². The second kappa shape index (κ2) is 4.84. The van der Waals surface area contributed by atoms with Crippen LogP contribution in [0, 0.1) is 13.8 Å². The minimum atomic E-state index is 0.104. The first-order valence-electron chi connectivity index (χ1n) is 6.47. The van der Waals surface area contributed by atoms with Crippen molar-refractivity contribution in [2.45, 2.75) is 27.7 Å². The van der Waals surface area contributed by atoms with Gasteiger partial charge in [-0.25, -0.2) is 0 Å². The van der Waals surface area contributed by atoms with Crippen molar-refractivity contribution in [1.82, 2.24) is 9.88 Å². The molecule has 0 radical (unpaired) electrons. The molecule has 96 valence electrons. The van der Waals surface area contributed by atoms with Crippen LogP contribution in [-0.2, 0) is 0 Å². The van der Waals surface area contributed by atoms with Crippen molar-refractivity contribution in [2.24, 2.45) is 0 Å². The Bertz CT molecular complexity index is 579. The normalized spacial score (nSPS) is 10.9. The van der Waals surface area contributed by atoms with Crippen molar-refractivity contribution in [1.29, 1.82) is 0 Å². The summed E-state index contributed by atoms with van der Waals surface area (Å²) >= 11 is 0. The molecule has 2 aromatic rings. The highest BCUT2D eigenvalue weighted by Gasteiger charge is 2.17. The number of benzene rings is 1. The molecule has 0 aliphatic rings. The maximum absolute atomic E-state index is 12.4. The Morgan fingerprint density at radius 1 is 1.22 bits per heavy atom. The van der Waals surface area contributed by atoms with Gasteiger partial charge in [0, 0.05) is 24.2 Å². The van der Waals surface area contributed by atoms with Gasteiger partial charge in [0.2, 0.25) is 0 Å². The number of H-pyrrole nitrogens is 1. The van der Waals surface area contributed by atoms with Gasteiger partial charge in [-0.15, -0.1) is 0 Å².